The fourth-order valence-corrected chi connectivity index (χ4v) is 2.63. The van der Waals surface area contributed by atoms with Crippen LogP contribution in [-0.2, 0) is 4.79 Å². The molecule has 0 atom stereocenters. The number of carbonyl (C=O) groups is 1. The minimum atomic E-state index is 0.168. The lowest BCUT2D eigenvalue weighted by atomic mass is 10.1. The fourth-order valence-electron chi connectivity index (χ4n) is 2.63. The second kappa shape index (κ2) is 5.83. The number of nitrogens with zero attached hydrogens (tertiary/aromatic N) is 1. The number of hydrogen-bond acceptors (Lipinski definition) is 3. The van der Waals surface area contributed by atoms with Crippen molar-refractivity contribution in [2.75, 3.05) is 30.8 Å². The number of hydrogen-bond donors (Lipinski definition) is 2. The molecule has 1 aromatic carbocycles. The summed E-state index contributed by atoms with van der Waals surface area (Å²) in [6.07, 6.45) is 4.47. The molecule has 0 radical (unpaired) electrons. The standard InChI is InChI=1S/C16H23N3O/c1-19-10-8-15(9-11-19)17-13-4-6-14(7-5-13)18-16(20)12-2-3-12/h4-7,12,15,17H,2-3,8-11H2,1H3,(H,18,20). The van der Waals surface area contributed by atoms with E-state index in [1.807, 2.05) is 12.1 Å². The normalized spacial score (nSPS) is 20.6. The Hall–Kier alpha value is -1.55. The van der Waals surface area contributed by atoms with Crippen LogP contribution in [0.3, 0.4) is 0 Å². The van der Waals surface area contributed by atoms with Crippen LogP contribution in [0, 0.1) is 5.92 Å². The van der Waals surface area contributed by atoms with Crippen LogP contribution in [0.5, 0.6) is 0 Å². The second-order valence-electron chi connectivity index (χ2n) is 6.06. The summed E-state index contributed by atoms with van der Waals surface area (Å²) >= 11 is 0. The molecule has 0 bridgehead atoms. The molecule has 1 aliphatic heterocycles. The molecule has 1 amide bonds. The Balaban J connectivity index is 1.51. The zero-order chi connectivity index (χ0) is 13.9. The summed E-state index contributed by atoms with van der Waals surface area (Å²) < 4.78 is 0. The molecule has 0 aromatic heterocycles. The van der Waals surface area contributed by atoms with E-state index >= 15 is 0 Å². The predicted molar refractivity (Wildman–Crippen MR) is 81.9 cm³/mol. The lowest BCUT2D eigenvalue weighted by Gasteiger charge is -2.30. The van der Waals surface area contributed by atoms with E-state index in [2.05, 4.69) is 34.7 Å². The van der Waals surface area contributed by atoms with Crippen LogP contribution in [0.4, 0.5) is 11.4 Å². The Bertz CT molecular complexity index is 459. The molecule has 1 aliphatic carbocycles. The van der Waals surface area contributed by atoms with Crippen LogP contribution < -0.4 is 10.6 Å². The number of piperidine rings is 1. The van der Waals surface area contributed by atoms with Gasteiger partial charge in [0.2, 0.25) is 5.91 Å². The molecule has 2 N–H and O–H groups in total. The molecule has 1 saturated heterocycles. The fraction of sp³-hybridized carbons (Fsp3) is 0.562. The Morgan fingerprint density at radius 1 is 1.05 bits per heavy atom. The van der Waals surface area contributed by atoms with E-state index in [0.717, 1.165) is 37.3 Å². The third-order valence-electron chi connectivity index (χ3n) is 4.19. The largest absolute Gasteiger partial charge is 0.382 e. The van der Waals surface area contributed by atoms with Gasteiger partial charge in [0.15, 0.2) is 0 Å². The highest BCUT2D eigenvalue weighted by atomic mass is 16.2. The Morgan fingerprint density at radius 3 is 2.25 bits per heavy atom. The summed E-state index contributed by atoms with van der Waals surface area (Å²) in [6.45, 7) is 2.32. The van der Waals surface area contributed by atoms with E-state index in [-0.39, 0.29) is 11.8 Å². The monoisotopic (exact) mass is 273 g/mol. The highest BCUT2D eigenvalue weighted by Crippen LogP contribution is 2.30. The lowest BCUT2D eigenvalue weighted by molar-refractivity contribution is -0.117. The van der Waals surface area contributed by atoms with Crippen molar-refractivity contribution in [3.63, 3.8) is 0 Å². The Labute approximate surface area is 120 Å². The van der Waals surface area contributed by atoms with Crippen LogP contribution in [0.25, 0.3) is 0 Å². The van der Waals surface area contributed by atoms with Crippen molar-refractivity contribution in [1.29, 1.82) is 0 Å². The van der Waals surface area contributed by atoms with Gasteiger partial charge in [-0.1, -0.05) is 0 Å². The van der Waals surface area contributed by atoms with E-state index in [4.69, 9.17) is 0 Å². The van der Waals surface area contributed by atoms with Crippen molar-refractivity contribution in [1.82, 2.24) is 4.90 Å². The number of anilines is 2. The average molecular weight is 273 g/mol. The van der Waals surface area contributed by atoms with Gasteiger partial charge in [-0.25, -0.2) is 0 Å². The minimum absolute atomic E-state index is 0.168. The molecule has 4 nitrogen and oxygen atoms in total. The van der Waals surface area contributed by atoms with Crippen LogP contribution in [-0.4, -0.2) is 37.0 Å². The van der Waals surface area contributed by atoms with Gasteiger partial charge < -0.3 is 15.5 Å². The van der Waals surface area contributed by atoms with Crippen molar-refractivity contribution >= 4 is 17.3 Å². The molecule has 0 spiro atoms. The summed E-state index contributed by atoms with van der Waals surface area (Å²) in [6, 6.07) is 8.65. The molecule has 1 heterocycles. The topological polar surface area (TPSA) is 44.4 Å². The van der Waals surface area contributed by atoms with Crippen LogP contribution >= 0.6 is 0 Å². The number of amides is 1. The van der Waals surface area contributed by atoms with Gasteiger partial charge in [-0.05, 0) is 70.1 Å². The summed E-state index contributed by atoms with van der Waals surface area (Å²) in [7, 11) is 2.17. The van der Waals surface area contributed by atoms with Gasteiger partial charge in [-0.3, -0.25) is 4.79 Å². The van der Waals surface area contributed by atoms with E-state index in [0.29, 0.717) is 6.04 Å². The molecule has 108 valence electrons. The van der Waals surface area contributed by atoms with Crippen molar-refractivity contribution in [3.05, 3.63) is 24.3 Å². The molecule has 3 rings (SSSR count). The van der Waals surface area contributed by atoms with Crippen molar-refractivity contribution in [2.45, 2.75) is 31.7 Å². The molecule has 4 heteroatoms. The first kappa shape index (κ1) is 13.4. The molecule has 1 saturated carbocycles. The summed E-state index contributed by atoms with van der Waals surface area (Å²) in [5, 5.41) is 6.54. The maximum absolute atomic E-state index is 11.7. The number of likely N-dealkylation sites (tertiary alicyclic amines) is 1. The molecular formula is C16H23N3O. The van der Waals surface area contributed by atoms with Gasteiger partial charge in [0.25, 0.3) is 0 Å². The first-order chi connectivity index (χ1) is 9.70. The first-order valence-electron chi connectivity index (χ1n) is 7.57. The van der Waals surface area contributed by atoms with Gasteiger partial charge in [0.05, 0.1) is 0 Å². The first-order valence-corrected chi connectivity index (χ1v) is 7.57. The molecule has 2 fully saturated rings. The zero-order valence-corrected chi connectivity index (χ0v) is 12.1. The molecule has 0 unspecified atom stereocenters. The van der Waals surface area contributed by atoms with Crippen LogP contribution in [0.1, 0.15) is 25.7 Å². The Morgan fingerprint density at radius 2 is 1.65 bits per heavy atom. The van der Waals surface area contributed by atoms with E-state index in [1.165, 1.54) is 12.8 Å². The van der Waals surface area contributed by atoms with Gasteiger partial charge >= 0.3 is 0 Å². The van der Waals surface area contributed by atoms with E-state index in [9.17, 15) is 4.79 Å². The maximum Gasteiger partial charge on any atom is 0.227 e. The molecule has 20 heavy (non-hydrogen) atoms. The Kier molecular flexibility index (Phi) is 3.92. The summed E-state index contributed by atoms with van der Waals surface area (Å²) in [5.41, 5.74) is 2.04. The molecule has 2 aliphatic rings. The van der Waals surface area contributed by atoms with Crippen molar-refractivity contribution in [2.24, 2.45) is 5.92 Å². The SMILES string of the molecule is CN1CCC(Nc2ccc(NC(=O)C3CC3)cc2)CC1. The number of carbonyl (C=O) groups excluding carboxylic acids is 1. The van der Waals surface area contributed by atoms with Gasteiger partial charge in [-0.15, -0.1) is 0 Å². The van der Waals surface area contributed by atoms with E-state index in [1.54, 1.807) is 0 Å². The quantitative estimate of drug-likeness (QED) is 0.886. The van der Waals surface area contributed by atoms with Gasteiger partial charge in [0, 0.05) is 23.3 Å². The minimum Gasteiger partial charge on any atom is -0.382 e. The number of nitrogens with one attached hydrogen (secondary N) is 2. The zero-order valence-electron chi connectivity index (χ0n) is 12.1. The highest BCUT2D eigenvalue weighted by Gasteiger charge is 2.29. The third-order valence-corrected chi connectivity index (χ3v) is 4.19. The highest BCUT2D eigenvalue weighted by molar-refractivity contribution is 5.94. The van der Waals surface area contributed by atoms with E-state index < -0.39 is 0 Å². The average Bonchev–Trinajstić information content (AvgIpc) is 3.28. The summed E-state index contributed by atoms with van der Waals surface area (Å²) in [4.78, 5) is 14.0. The second-order valence-corrected chi connectivity index (χ2v) is 6.06. The van der Waals surface area contributed by atoms with Gasteiger partial charge in [0.1, 0.15) is 0 Å². The smallest absolute Gasteiger partial charge is 0.227 e. The third kappa shape index (κ3) is 3.51. The number of benzene rings is 1. The van der Waals surface area contributed by atoms with Crippen molar-refractivity contribution < 1.29 is 4.79 Å². The van der Waals surface area contributed by atoms with Crippen LogP contribution in [0.2, 0.25) is 0 Å². The number of rotatable bonds is 4. The predicted octanol–water partition coefficient (Wildman–Crippen LogP) is 2.54. The van der Waals surface area contributed by atoms with Crippen molar-refractivity contribution in [3.8, 4) is 0 Å². The molecule has 1 aromatic rings. The summed E-state index contributed by atoms with van der Waals surface area (Å²) in [5.74, 6) is 0.424. The maximum atomic E-state index is 11.7. The lowest BCUT2D eigenvalue weighted by Crippen LogP contribution is -2.36. The molecular weight excluding hydrogens is 250 g/mol. The van der Waals surface area contributed by atoms with Crippen LogP contribution in [0.15, 0.2) is 24.3 Å². The van der Waals surface area contributed by atoms with Gasteiger partial charge in [-0.2, -0.15) is 0 Å².